The molecule has 15 heavy (non-hydrogen) atoms. The highest BCUT2D eigenvalue weighted by molar-refractivity contribution is 7.07. The summed E-state index contributed by atoms with van der Waals surface area (Å²) < 4.78 is 0. The lowest BCUT2D eigenvalue weighted by atomic mass is 10.0. The van der Waals surface area contributed by atoms with E-state index in [2.05, 4.69) is 27.0 Å². The van der Waals surface area contributed by atoms with E-state index < -0.39 is 0 Å². The topological polar surface area (TPSA) is 15.3 Å². The van der Waals surface area contributed by atoms with E-state index in [1.165, 1.54) is 44.6 Å². The second-order valence-corrected chi connectivity index (χ2v) is 5.60. The number of thiophene rings is 1. The Bertz CT molecular complexity index is 301. The molecule has 3 rings (SSSR count). The Labute approximate surface area is 95.3 Å². The quantitative estimate of drug-likeness (QED) is 0.819. The molecule has 1 aromatic rings. The fourth-order valence-electron chi connectivity index (χ4n) is 2.21. The monoisotopic (exact) mass is 222 g/mol. The van der Waals surface area contributed by atoms with Crippen molar-refractivity contribution in [3.63, 3.8) is 0 Å². The molecule has 0 atom stereocenters. The lowest BCUT2D eigenvalue weighted by molar-refractivity contribution is 0.178. The smallest absolute Gasteiger partial charge is 0.0245 e. The van der Waals surface area contributed by atoms with Crippen molar-refractivity contribution in [1.29, 1.82) is 0 Å². The van der Waals surface area contributed by atoms with Gasteiger partial charge in [0.1, 0.15) is 0 Å². The molecular weight excluding hydrogens is 204 g/mol. The first-order valence-electron chi connectivity index (χ1n) is 5.87. The maximum absolute atomic E-state index is 3.36. The molecule has 1 aromatic heterocycles. The summed E-state index contributed by atoms with van der Waals surface area (Å²) in [6.07, 6.45) is 2.84. The van der Waals surface area contributed by atoms with Crippen LogP contribution in [-0.2, 0) is 6.54 Å². The SMILES string of the molecule is c1cc(CN(CC2CNC2)C2CC2)cs1. The molecule has 1 saturated carbocycles. The first-order chi connectivity index (χ1) is 7.42. The van der Waals surface area contributed by atoms with Gasteiger partial charge in [0.05, 0.1) is 0 Å². The predicted molar refractivity (Wildman–Crippen MR) is 64.1 cm³/mol. The number of rotatable bonds is 5. The molecule has 1 N–H and O–H groups in total. The maximum atomic E-state index is 3.36. The van der Waals surface area contributed by atoms with Gasteiger partial charge in [-0.05, 0) is 41.1 Å². The minimum absolute atomic E-state index is 0.894. The predicted octanol–water partition coefficient (Wildman–Crippen LogP) is 1.93. The average molecular weight is 222 g/mol. The van der Waals surface area contributed by atoms with E-state index in [4.69, 9.17) is 0 Å². The lowest BCUT2D eigenvalue weighted by Crippen LogP contribution is -2.48. The third-order valence-electron chi connectivity index (χ3n) is 3.39. The van der Waals surface area contributed by atoms with Crippen LogP contribution in [0.2, 0.25) is 0 Å². The van der Waals surface area contributed by atoms with Gasteiger partial charge < -0.3 is 5.32 Å². The van der Waals surface area contributed by atoms with Crippen molar-refractivity contribution in [3.05, 3.63) is 22.4 Å². The Balaban J connectivity index is 1.57. The zero-order chi connectivity index (χ0) is 10.1. The summed E-state index contributed by atoms with van der Waals surface area (Å²) in [4.78, 5) is 2.69. The van der Waals surface area contributed by atoms with Crippen LogP contribution in [0.3, 0.4) is 0 Å². The second kappa shape index (κ2) is 4.24. The minimum Gasteiger partial charge on any atom is -0.316 e. The van der Waals surface area contributed by atoms with Crippen LogP contribution in [0.1, 0.15) is 18.4 Å². The van der Waals surface area contributed by atoms with Crippen molar-refractivity contribution < 1.29 is 0 Å². The normalized spacial score (nSPS) is 21.9. The van der Waals surface area contributed by atoms with E-state index in [1.807, 2.05) is 11.3 Å². The molecular formula is C12H18N2S. The summed E-state index contributed by atoms with van der Waals surface area (Å²) in [5.41, 5.74) is 1.50. The van der Waals surface area contributed by atoms with E-state index in [1.54, 1.807) is 0 Å². The fourth-order valence-corrected chi connectivity index (χ4v) is 2.87. The third kappa shape index (κ3) is 2.41. The van der Waals surface area contributed by atoms with Crippen LogP contribution in [0.25, 0.3) is 0 Å². The van der Waals surface area contributed by atoms with Crippen molar-refractivity contribution >= 4 is 11.3 Å². The van der Waals surface area contributed by atoms with Crippen molar-refractivity contribution in [3.8, 4) is 0 Å². The first kappa shape index (κ1) is 9.82. The van der Waals surface area contributed by atoms with Gasteiger partial charge in [0.2, 0.25) is 0 Å². The summed E-state index contributed by atoms with van der Waals surface area (Å²) in [5, 5.41) is 7.83. The van der Waals surface area contributed by atoms with E-state index in [0.717, 1.165) is 12.0 Å². The molecule has 1 aliphatic heterocycles. The Hall–Kier alpha value is -0.380. The van der Waals surface area contributed by atoms with Gasteiger partial charge in [0.25, 0.3) is 0 Å². The van der Waals surface area contributed by atoms with Crippen LogP contribution in [0.15, 0.2) is 16.8 Å². The Morgan fingerprint density at radius 1 is 1.40 bits per heavy atom. The van der Waals surface area contributed by atoms with Gasteiger partial charge in [-0.2, -0.15) is 11.3 Å². The van der Waals surface area contributed by atoms with E-state index in [-0.39, 0.29) is 0 Å². The van der Waals surface area contributed by atoms with E-state index >= 15 is 0 Å². The summed E-state index contributed by atoms with van der Waals surface area (Å²) in [6.45, 7) is 4.93. The molecule has 2 fully saturated rings. The molecule has 0 spiro atoms. The van der Waals surface area contributed by atoms with E-state index in [0.29, 0.717) is 0 Å². The lowest BCUT2D eigenvalue weighted by Gasteiger charge is -2.33. The molecule has 0 radical (unpaired) electrons. The number of nitrogens with one attached hydrogen (secondary N) is 1. The standard InChI is InChI=1S/C12H18N2S/c1-2-12(1)14(8-11-5-13-6-11)7-10-3-4-15-9-10/h3-4,9,11-13H,1-2,5-8H2. The highest BCUT2D eigenvalue weighted by Crippen LogP contribution is 2.29. The van der Waals surface area contributed by atoms with Gasteiger partial charge in [-0.15, -0.1) is 0 Å². The Kier molecular flexibility index (Phi) is 2.77. The minimum atomic E-state index is 0.894. The number of nitrogens with zero attached hydrogens (tertiary/aromatic N) is 1. The zero-order valence-corrected chi connectivity index (χ0v) is 9.80. The Morgan fingerprint density at radius 2 is 2.27 bits per heavy atom. The molecule has 0 unspecified atom stereocenters. The van der Waals surface area contributed by atoms with Crippen molar-refractivity contribution in [2.24, 2.45) is 5.92 Å². The summed E-state index contributed by atoms with van der Waals surface area (Å²) in [7, 11) is 0. The molecule has 2 aliphatic rings. The van der Waals surface area contributed by atoms with Gasteiger partial charge in [-0.1, -0.05) is 0 Å². The van der Waals surface area contributed by atoms with Crippen LogP contribution in [-0.4, -0.2) is 30.6 Å². The molecule has 0 bridgehead atoms. The maximum Gasteiger partial charge on any atom is 0.0245 e. The Morgan fingerprint density at radius 3 is 2.80 bits per heavy atom. The van der Waals surface area contributed by atoms with Gasteiger partial charge in [0, 0.05) is 32.2 Å². The summed E-state index contributed by atoms with van der Waals surface area (Å²) >= 11 is 1.81. The molecule has 2 nitrogen and oxygen atoms in total. The van der Waals surface area contributed by atoms with E-state index in [9.17, 15) is 0 Å². The highest BCUT2D eigenvalue weighted by atomic mass is 32.1. The van der Waals surface area contributed by atoms with Gasteiger partial charge in [-0.3, -0.25) is 4.90 Å². The third-order valence-corrected chi connectivity index (χ3v) is 4.12. The van der Waals surface area contributed by atoms with Crippen LogP contribution in [0.5, 0.6) is 0 Å². The fraction of sp³-hybridized carbons (Fsp3) is 0.667. The second-order valence-electron chi connectivity index (χ2n) is 4.82. The molecule has 1 aliphatic carbocycles. The number of hydrogen-bond donors (Lipinski definition) is 1. The molecule has 1 saturated heterocycles. The summed E-state index contributed by atoms with van der Waals surface area (Å²) in [6, 6.07) is 3.16. The van der Waals surface area contributed by atoms with Crippen molar-refractivity contribution in [2.75, 3.05) is 19.6 Å². The van der Waals surface area contributed by atoms with Crippen LogP contribution in [0, 0.1) is 5.92 Å². The largest absolute Gasteiger partial charge is 0.316 e. The zero-order valence-electron chi connectivity index (χ0n) is 8.98. The van der Waals surface area contributed by atoms with Crippen molar-refractivity contribution in [2.45, 2.75) is 25.4 Å². The molecule has 0 amide bonds. The number of hydrogen-bond acceptors (Lipinski definition) is 3. The first-order valence-corrected chi connectivity index (χ1v) is 6.82. The average Bonchev–Trinajstić information content (AvgIpc) is 2.89. The van der Waals surface area contributed by atoms with Crippen LogP contribution < -0.4 is 5.32 Å². The van der Waals surface area contributed by atoms with Crippen LogP contribution >= 0.6 is 11.3 Å². The van der Waals surface area contributed by atoms with Gasteiger partial charge >= 0.3 is 0 Å². The van der Waals surface area contributed by atoms with Crippen LogP contribution in [0.4, 0.5) is 0 Å². The molecule has 2 heterocycles. The van der Waals surface area contributed by atoms with Gasteiger partial charge in [-0.25, -0.2) is 0 Å². The van der Waals surface area contributed by atoms with Crippen molar-refractivity contribution in [1.82, 2.24) is 10.2 Å². The van der Waals surface area contributed by atoms with Gasteiger partial charge in [0.15, 0.2) is 0 Å². The highest BCUT2D eigenvalue weighted by Gasteiger charge is 2.31. The molecule has 0 aromatic carbocycles. The molecule has 82 valence electrons. The summed E-state index contributed by atoms with van der Waals surface area (Å²) in [5.74, 6) is 0.907. The molecule has 3 heteroatoms.